The summed E-state index contributed by atoms with van der Waals surface area (Å²) >= 11 is 0. The Morgan fingerprint density at radius 1 is 1.22 bits per heavy atom. The number of aromatic amines is 1. The highest BCUT2D eigenvalue weighted by Gasteiger charge is 2.38. The minimum atomic E-state index is -0.278. The molecule has 0 saturated carbocycles. The number of nitrogens with one attached hydrogen (secondary N) is 1. The van der Waals surface area contributed by atoms with Gasteiger partial charge in [-0.25, -0.2) is 0 Å². The van der Waals surface area contributed by atoms with Crippen molar-refractivity contribution in [3.8, 4) is 11.9 Å². The van der Waals surface area contributed by atoms with E-state index in [1.807, 2.05) is 0 Å². The Morgan fingerprint density at radius 2 is 1.89 bits per heavy atom. The number of nitrogens with two attached hydrogens (primary N) is 1. The van der Waals surface area contributed by atoms with Crippen LogP contribution in [0.5, 0.6) is 5.88 Å². The van der Waals surface area contributed by atoms with Gasteiger partial charge < -0.3 is 15.4 Å². The molecule has 1 atom stereocenters. The van der Waals surface area contributed by atoms with Gasteiger partial charge in [-0.3, -0.25) is 5.10 Å². The third kappa shape index (κ3) is 2.93. The molecule has 1 saturated heterocycles. The Hall–Kier alpha value is -2.94. The molecular formula is C21H25N5O. The maximum absolute atomic E-state index is 9.77. The molecule has 0 bridgehead atoms. The summed E-state index contributed by atoms with van der Waals surface area (Å²) < 4.78 is 5.65. The summed E-state index contributed by atoms with van der Waals surface area (Å²) in [6, 6.07) is 10.7. The van der Waals surface area contributed by atoms with E-state index in [4.69, 9.17) is 10.5 Å². The number of hydrogen-bond acceptors (Lipinski definition) is 5. The Bertz CT molecular complexity index is 921. The van der Waals surface area contributed by atoms with Gasteiger partial charge in [0.05, 0.1) is 11.5 Å². The van der Waals surface area contributed by atoms with Crippen LogP contribution in [0.1, 0.15) is 56.4 Å². The molecule has 6 nitrogen and oxygen atoms in total. The summed E-state index contributed by atoms with van der Waals surface area (Å²) in [6.07, 6.45) is 2.49. The number of rotatable bonds is 2. The zero-order valence-electron chi connectivity index (χ0n) is 16.0. The Labute approximate surface area is 159 Å². The van der Waals surface area contributed by atoms with E-state index in [2.05, 4.69) is 66.2 Å². The normalized spacial score (nSPS) is 19.6. The SMILES string of the molecule is CC(C)(C)c1[nH]nc2c1C(c1ccc(N3CCCC3)cc1)C(C#N)=C(N)O2. The van der Waals surface area contributed by atoms with E-state index in [1.165, 1.54) is 18.5 Å². The lowest BCUT2D eigenvalue weighted by molar-refractivity contribution is 0.378. The number of H-pyrrole nitrogens is 1. The van der Waals surface area contributed by atoms with Crippen LogP contribution >= 0.6 is 0 Å². The fraction of sp³-hybridized carbons (Fsp3) is 0.429. The van der Waals surface area contributed by atoms with Crippen molar-refractivity contribution in [2.24, 2.45) is 5.73 Å². The highest BCUT2D eigenvalue weighted by molar-refractivity contribution is 5.58. The third-order valence-corrected chi connectivity index (χ3v) is 5.39. The number of anilines is 1. The Kier molecular flexibility index (Phi) is 4.11. The second-order valence-electron chi connectivity index (χ2n) is 8.28. The van der Waals surface area contributed by atoms with Crippen molar-refractivity contribution in [2.75, 3.05) is 18.0 Å². The molecule has 2 aliphatic heterocycles. The van der Waals surface area contributed by atoms with Gasteiger partial charge in [0, 0.05) is 29.9 Å². The second-order valence-corrected chi connectivity index (χ2v) is 8.28. The van der Waals surface area contributed by atoms with Crippen LogP contribution in [0, 0.1) is 11.3 Å². The zero-order valence-corrected chi connectivity index (χ0v) is 16.0. The highest BCUT2D eigenvalue weighted by atomic mass is 16.5. The van der Waals surface area contributed by atoms with Crippen LogP contribution in [0.2, 0.25) is 0 Å². The molecule has 2 aliphatic rings. The summed E-state index contributed by atoms with van der Waals surface area (Å²) in [4.78, 5) is 2.40. The molecule has 1 fully saturated rings. The predicted octanol–water partition coefficient (Wildman–Crippen LogP) is 3.53. The molecule has 6 heteroatoms. The number of aromatic nitrogens is 2. The monoisotopic (exact) mass is 363 g/mol. The van der Waals surface area contributed by atoms with Crippen molar-refractivity contribution >= 4 is 5.69 Å². The van der Waals surface area contributed by atoms with E-state index in [0.29, 0.717) is 11.5 Å². The number of nitriles is 1. The van der Waals surface area contributed by atoms with Gasteiger partial charge in [0.15, 0.2) is 0 Å². The number of hydrogen-bond donors (Lipinski definition) is 2. The first-order valence-electron chi connectivity index (χ1n) is 9.41. The predicted molar refractivity (Wildman–Crippen MR) is 104 cm³/mol. The van der Waals surface area contributed by atoms with E-state index in [9.17, 15) is 5.26 Å². The lowest BCUT2D eigenvalue weighted by atomic mass is 9.79. The van der Waals surface area contributed by atoms with Crippen molar-refractivity contribution in [2.45, 2.75) is 44.9 Å². The minimum Gasteiger partial charge on any atom is -0.420 e. The number of fused-ring (bicyclic) bond motifs is 1. The first-order valence-corrected chi connectivity index (χ1v) is 9.41. The average Bonchev–Trinajstić information content (AvgIpc) is 3.30. The fourth-order valence-corrected chi connectivity index (χ4v) is 4.00. The summed E-state index contributed by atoms with van der Waals surface area (Å²) in [5.41, 5.74) is 10.4. The molecule has 0 amide bonds. The van der Waals surface area contributed by atoms with Crippen molar-refractivity contribution in [1.29, 1.82) is 5.26 Å². The van der Waals surface area contributed by atoms with E-state index in [-0.39, 0.29) is 17.2 Å². The van der Waals surface area contributed by atoms with Gasteiger partial charge in [0.2, 0.25) is 11.8 Å². The molecular weight excluding hydrogens is 338 g/mol. The molecule has 1 unspecified atom stereocenters. The molecule has 3 N–H and O–H groups in total. The molecule has 0 aliphatic carbocycles. The average molecular weight is 363 g/mol. The van der Waals surface area contributed by atoms with Crippen molar-refractivity contribution in [3.05, 3.63) is 52.5 Å². The van der Waals surface area contributed by atoms with Gasteiger partial charge >= 0.3 is 0 Å². The topological polar surface area (TPSA) is 91.0 Å². The molecule has 27 heavy (non-hydrogen) atoms. The standard InChI is InChI=1S/C21H25N5O/c1-21(2,3)18-17-16(15(12-22)19(23)27-20(17)25-24-18)13-6-8-14(9-7-13)26-10-4-5-11-26/h6-9,16H,4-5,10-11,23H2,1-3H3,(H,24,25). The Balaban J connectivity index is 1.81. The van der Waals surface area contributed by atoms with Crippen LogP contribution in [-0.2, 0) is 5.41 Å². The lowest BCUT2D eigenvalue weighted by Gasteiger charge is -2.28. The summed E-state index contributed by atoms with van der Waals surface area (Å²) in [6.45, 7) is 8.55. The molecule has 0 radical (unpaired) electrons. The maximum atomic E-state index is 9.77. The van der Waals surface area contributed by atoms with Crippen LogP contribution in [-0.4, -0.2) is 23.3 Å². The van der Waals surface area contributed by atoms with Crippen molar-refractivity contribution in [3.63, 3.8) is 0 Å². The second kappa shape index (κ2) is 6.34. The summed E-state index contributed by atoms with van der Waals surface area (Å²) in [5.74, 6) is 0.315. The lowest BCUT2D eigenvalue weighted by Crippen LogP contribution is -2.24. The number of allylic oxidation sites excluding steroid dienone is 1. The molecule has 4 rings (SSSR count). The minimum absolute atomic E-state index is 0.130. The van der Waals surface area contributed by atoms with E-state index in [1.54, 1.807) is 0 Å². The highest BCUT2D eigenvalue weighted by Crippen LogP contribution is 2.45. The first kappa shape index (κ1) is 17.5. The number of benzene rings is 1. The molecule has 2 aromatic rings. The van der Waals surface area contributed by atoms with E-state index >= 15 is 0 Å². The molecule has 1 aromatic heterocycles. The van der Waals surface area contributed by atoms with Gasteiger partial charge in [-0.1, -0.05) is 32.9 Å². The largest absolute Gasteiger partial charge is 0.420 e. The van der Waals surface area contributed by atoms with E-state index < -0.39 is 0 Å². The van der Waals surface area contributed by atoms with Crippen LogP contribution < -0.4 is 15.4 Å². The fourth-order valence-electron chi connectivity index (χ4n) is 4.00. The Morgan fingerprint density at radius 3 is 2.48 bits per heavy atom. The van der Waals surface area contributed by atoms with Gasteiger partial charge in [-0.15, -0.1) is 5.10 Å². The molecule has 1 aromatic carbocycles. The molecule has 0 spiro atoms. The first-order chi connectivity index (χ1) is 12.9. The smallest absolute Gasteiger partial charge is 0.244 e. The van der Waals surface area contributed by atoms with Crippen LogP contribution in [0.25, 0.3) is 0 Å². The summed E-state index contributed by atoms with van der Waals surface area (Å²) in [5, 5.41) is 17.2. The third-order valence-electron chi connectivity index (χ3n) is 5.39. The molecule has 3 heterocycles. The van der Waals surface area contributed by atoms with Gasteiger partial charge in [-0.2, -0.15) is 5.26 Å². The van der Waals surface area contributed by atoms with Crippen molar-refractivity contribution in [1.82, 2.24) is 10.2 Å². The summed E-state index contributed by atoms with van der Waals surface area (Å²) in [7, 11) is 0. The van der Waals surface area contributed by atoms with Crippen LogP contribution in [0.4, 0.5) is 5.69 Å². The quantitative estimate of drug-likeness (QED) is 0.852. The van der Waals surface area contributed by atoms with E-state index in [0.717, 1.165) is 29.9 Å². The molecule has 140 valence electrons. The van der Waals surface area contributed by atoms with Crippen LogP contribution in [0.15, 0.2) is 35.7 Å². The number of nitrogens with zero attached hydrogens (tertiary/aromatic N) is 3. The van der Waals surface area contributed by atoms with Gasteiger partial charge in [-0.05, 0) is 30.5 Å². The van der Waals surface area contributed by atoms with Gasteiger partial charge in [0.25, 0.3) is 0 Å². The van der Waals surface area contributed by atoms with Crippen molar-refractivity contribution < 1.29 is 4.74 Å². The maximum Gasteiger partial charge on any atom is 0.244 e. The number of ether oxygens (including phenoxy) is 1. The zero-order chi connectivity index (χ0) is 19.2. The van der Waals surface area contributed by atoms with Crippen LogP contribution in [0.3, 0.4) is 0 Å². The van der Waals surface area contributed by atoms with Gasteiger partial charge in [0.1, 0.15) is 11.6 Å².